The molecule has 1 amide bonds. The zero-order chi connectivity index (χ0) is 28.1. The molecule has 0 aliphatic carbocycles. The number of benzene rings is 3. The van der Waals surface area contributed by atoms with Crippen LogP contribution in [0.5, 0.6) is 5.75 Å². The first kappa shape index (κ1) is 27.8. The minimum atomic E-state index is -0.541. The van der Waals surface area contributed by atoms with Gasteiger partial charge in [0.1, 0.15) is 11.8 Å². The van der Waals surface area contributed by atoms with Crippen LogP contribution >= 0.6 is 23.4 Å². The van der Waals surface area contributed by atoms with E-state index in [4.69, 9.17) is 26.4 Å². The van der Waals surface area contributed by atoms with Gasteiger partial charge in [0, 0.05) is 27.7 Å². The highest BCUT2D eigenvalue weighted by atomic mass is 35.5. The van der Waals surface area contributed by atoms with Crippen molar-refractivity contribution < 1.29 is 9.53 Å². The van der Waals surface area contributed by atoms with Gasteiger partial charge in [0.15, 0.2) is 0 Å². The van der Waals surface area contributed by atoms with Crippen molar-refractivity contribution in [2.45, 2.75) is 50.6 Å². The number of halogens is 1. The molecule has 1 aliphatic heterocycles. The van der Waals surface area contributed by atoms with Crippen LogP contribution in [0, 0.1) is 6.92 Å². The molecule has 0 saturated heterocycles. The average Bonchev–Trinajstić information content (AvgIpc) is 3.36. The number of aromatic nitrogens is 3. The lowest BCUT2D eigenvalue weighted by Gasteiger charge is -2.29. The Hall–Kier alpha value is -3.75. The Morgan fingerprint density at radius 1 is 1.07 bits per heavy atom. The van der Waals surface area contributed by atoms with Crippen LogP contribution in [0.1, 0.15) is 49.4 Å². The zero-order valence-electron chi connectivity index (χ0n) is 22.8. The van der Waals surface area contributed by atoms with E-state index in [1.807, 2.05) is 86.6 Å². The number of amides is 1. The summed E-state index contributed by atoms with van der Waals surface area (Å²) < 4.78 is 8.00. The zero-order valence-corrected chi connectivity index (χ0v) is 24.4. The third-order valence-electron chi connectivity index (χ3n) is 6.75. The van der Waals surface area contributed by atoms with Crippen molar-refractivity contribution in [3.05, 3.63) is 106 Å². The Labute approximate surface area is 244 Å². The van der Waals surface area contributed by atoms with E-state index in [0.717, 1.165) is 41.0 Å². The van der Waals surface area contributed by atoms with Crippen molar-refractivity contribution >= 4 is 40.9 Å². The summed E-state index contributed by atoms with van der Waals surface area (Å²) in [4.78, 5) is 18.7. The van der Waals surface area contributed by atoms with E-state index in [-0.39, 0.29) is 5.91 Å². The number of carbonyl (C=O) groups is 1. The maximum absolute atomic E-state index is 13.9. The van der Waals surface area contributed by atoms with Gasteiger partial charge in [0.2, 0.25) is 11.1 Å². The number of ether oxygens (including phenoxy) is 1. The van der Waals surface area contributed by atoms with Gasteiger partial charge >= 0.3 is 0 Å². The summed E-state index contributed by atoms with van der Waals surface area (Å²) in [6, 6.07) is 22.8. The molecule has 3 aromatic carbocycles. The van der Waals surface area contributed by atoms with Gasteiger partial charge in [0.05, 0.1) is 12.2 Å². The largest absolute Gasteiger partial charge is 0.493 e. The van der Waals surface area contributed by atoms with Gasteiger partial charge in [-0.3, -0.25) is 4.79 Å². The normalized spacial score (nSPS) is 14.4. The fourth-order valence-corrected chi connectivity index (χ4v) is 5.71. The lowest BCUT2D eigenvalue weighted by molar-refractivity contribution is -0.113. The third kappa shape index (κ3) is 6.03. The monoisotopic (exact) mass is 573 g/mol. The van der Waals surface area contributed by atoms with Crippen LogP contribution in [-0.2, 0) is 10.5 Å². The summed E-state index contributed by atoms with van der Waals surface area (Å²) in [5.41, 5.74) is 4.87. The standard InChI is InChI=1S/C31H32ClN5O2S/c1-4-5-18-39-26-17-11-8-14-23(26)28-27(29(38)34-25-16-10-6-12-20(25)2)21(3)33-30-35-31(36-37(28)30)40-19-22-13-7-9-15-24(22)32/h6-17,28H,4-5,18-19H2,1-3H3,(H,34,38)(H,33,35,36). The van der Waals surface area contributed by atoms with Gasteiger partial charge in [0.25, 0.3) is 5.91 Å². The number of rotatable bonds is 10. The van der Waals surface area contributed by atoms with Crippen LogP contribution in [0.15, 0.2) is 89.2 Å². The average molecular weight is 574 g/mol. The van der Waals surface area contributed by atoms with Crippen LogP contribution in [0.3, 0.4) is 0 Å². The molecule has 1 unspecified atom stereocenters. The first-order valence-corrected chi connectivity index (χ1v) is 14.7. The number of nitrogens with one attached hydrogen (secondary N) is 2. The lowest BCUT2D eigenvalue weighted by atomic mass is 9.94. The fourth-order valence-electron chi connectivity index (χ4n) is 4.60. The Kier molecular flexibility index (Phi) is 8.77. The predicted molar refractivity (Wildman–Crippen MR) is 162 cm³/mol. The molecule has 2 N–H and O–H groups in total. The summed E-state index contributed by atoms with van der Waals surface area (Å²) in [6.07, 6.45) is 1.96. The number of aryl methyl sites for hydroxylation is 1. The molecular weight excluding hydrogens is 542 g/mol. The molecule has 0 bridgehead atoms. The van der Waals surface area contributed by atoms with Crippen molar-refractivity contribution in [2.24, 2.45) is 0 Å². The molecule has 1 aromatic heterocycles. The van der Waals surface area contributed by atoms with E-state index >= 15 is 0 Å². The van der Waals surface area contributed by atoms with E-state index < -0.39 is 6.04 Å². The molecule has 7 nitrogen and oxygen atoms in total. The molecule has 206 valence electrons. The maximum Gasteiger partial charge on any atom is 0.255 e. The molecule has 1 aliphatic rings. The molecule has 1 atom stereocenters. The van der Waals surface area contributed by atoms with Gasteiger partial charge in [-0.05, 0) is 49.6 Å². The molecule has 9 heteroatoms. The number of unbranched alkanes of at least 4 members (excludes halogenated alkanes) is 1. The predicted octanol–water partition coefficient (Wildman–Crippen LogP) is 7.64. The minimum Gasteiger partial charge on any atom is -0.493 e. The van der Waals surface area contributed by atoms with E-state index in [1.54, 1.807) is 4.68 Å². The number of allylic oxidation sites excluding steroid dienone is 1. The van der Waals surface area contributed by atoms with E-state index in [0.29, 0.717) is 39.8 Å². The molecule has 5 rings (SSSR count). The number of thioether (sulfide) groups is 1. The van der Waals surface area contributed by atoms with Gasteiger partial charge in [-0.15, -0.1) is 5.10 Å². The van der Waals surface area contributed by atoms with Crippen molar-refractivity contribution in [3.8, 4) is 5.75 Å². The van der Waals surface area contributed by atoms with Crippen LogP contribution in [0.25, 0.3) is 0 Å². The van der Waals surface area contributed by atoms with Crippen LogP contribution < -0.4 is 15.4 Å². The summed E-state index contributed by atoms with van der Waals surface area (Å²) in [7, 11) is 0. The number of hydrogen-bond acceptors (Lipinski definition) is 6. The first-order valence-electron chi connectivity index (χ1n) is 13.4. The smallest absolute Gasteiger partial charge is 0.255 e. The molecule has 0 radical (unpaired) electrons. The molecular formula is C31H32ClN5O2S. The van der Waals surface area contributed by atoms with Crippen molar-refractivity contribution in [1.82, 2.24) is 14.8 Å². The number of nitrogens with zero attached hydrogens (tertiary/aromatic N) is 3. The molecule has 0 spiro atoms. The van der Waals surface area contributed by atoms with Gasteiger partial charge in [-0.2, -0.15) is 4.98 Å². The topological polar surface area (TPSA) is 81.1 Å². The number of hydrogen-bond donors (Lipinski definition) is 2. The maximum atomic E-state index is 13.9. The fraction of sp³-hybridized carbons (Fsp3) is 0.258. The highest BCUT2D eigenvalue weighted by Gasteiger charge is 2.36. The second-order valence-corrected chi connectivity index (χ2v) is 11.0. The quantitative estimate of drug-likeness (QED) is 0.150. The van der Waals surface area contributed by atoms with Crippen LogP contribution in [0.4, 0.5) is 11.6 Å². The number of carbonyl (C=O) groups excluding carboxylic acids is 1. The second-order valence-electron chi connectivity index (χ2n) is 9.62. The summed E-state index contributed by atoms with van der Waals surface area (Å²) in [5, 5.41) is 12.6. The van der Waals surface area contributed by atoms with Gasteiger partial charge < -0.3 is 15.4 Å². The number of anilines is 2. The molecule has 0 fully saturated rings. The summed E-state index contributed by atoms with van der Waals surface area (Å²) in [6.45, 7) is 6.60. The lowest BCUT2D eigenvalue weighted by Crippen LogP contribution is -2.32. The van der Waals surface area contributed by atoms with Gasteiger partial charge in [-0.25, -0.2) is 4.68 Å². The second kappa shape index (κ2) is 12.6. The first-order chi connectivity index (χ1) is 19.5. The van der Waals surface area contributed by atoms with Crippen molar-refractivity contribution in [1.29, 1.82) is 0 Å². The molecule has 40 heavy (non-hydrogen) atoms. The SMILES string of the molecule is CCCCOc1ccccc1C1C(C(=O)Nc2ccccc2C)=C(C)Nc2nc(SCc3ccccc3Cl)nn21. The summed E-state index contributed by atoms with van der Waals surface area (Å²) in [5.74, 6) is 1.71. The highest BCUT2D eigenvalue weighted by Crippen LogP contribution is 2.40. The summed E-state index contributed by atoms with van der Waals surface area (Å²) >= 11 is 7.88. The van der Waals surface area contributed by atoms with E-state index in [1.165, 1.54) is 11.8 Å². The van der Waals surface area contributed by atoms with Crippen LogP contribution in [-0.4, -0.2) is 27.3 Å². The minimum absolute atomic E-state index is 0.209. The number of para-hydroxylation sites is 2. The Morgan fingerprint density at radius 2 is 1.82 bits per heavy atom. The Balaban J connectivity index is 1.53. The van der Waals surface area contributed by atoms with Crippen LogP contribution in [0.2, 0.25) is 5.02 Å². The van der Waals surface area contributed by atoms with Gasteiger partial charge in [-0.1, -0.05) is 91.3 Å². The highest BCUT2D eigenvalue weighted by molar-refractivity contribution is 7.98. The third-order valence-corrected chi connectivity index (χ3v) is 8.01. The van der Waals surface area contributed by atoms with E-state index in [2.05, 4.69) is 17.6 Å². The van der Waals surface area contributed by atoms with Crippen molar-refractivity contribution in [3.63, 3.8) is 0 Å². The van der Waals surface area contributed by atoms with Crippen molar-refractivity contribution in [2.75, 3.05) is 17.2 Å². The molecule has 4 aromatic rings. The number of fused-ring (bicyclic) bond motifs is 1. The molecule has 0 saturated carbocycles. The Morgan fingerprint density at radius 3 is 2.62 bits per heavy atom. The Bertz CT molecular complexity index is 1550. The molecule has 2 heterocycles. The van der Waals surface area contributed by atoms with E-state index in [9.17, 15) is 4.79 Å².